The first-order valence-electron chi connectivity index (χ1n) is 7.78. The number of nitrogens with zero attached hydrogens (tertiary/aromatic N) is 3. The smallest absolute Gasteiger partial charge is 0.315 e. The van der Waals surface area contributed by atoms with Crippen LogP contribution in [0.5, 0.6) is 11.5 Å². The third-order valence-electron chi connectivity index (χ3n) is 3.24. The molecule has 0 aliphatic heterocycles. The standard InChI is InChI=1S/C16H18N4O6S/c1-4-26-15-12(20(22)23)5-10(6-13(15)24-2)8-17-19-16-18-11(9-27-16)7-14(21)25-3/h5-6,8-9H,4,7H2,1-3H3,(H,18,19)/b17-8-. The molecule has 1 aromatic heterocycles. The number of hydrogen-bond acceptors (Lipinski definition) is 10. The first-order chi connectivity index (χ1) is 13.0. The molecule has 0 bridgehead atoms. The highest BCUT2D eigenvalue weighted by molar-refractivity contribution is 7.13. The molecule has 0 unspecified atom stereocenters. The van der Waals surface area contributed by atoms with Crippen molar-refractivity contribution in [3.05, 3.63) is 38.9 Å². The molecular weight excluding hydrogens is 376 g/mol. The van der Waals surface area contributed by atoms with Crippen molar-refractivity contribution in [2.24, 2.45) is 5.10 Å². The summed E-state index contributed by atoms with van der Waals surface area (Å²) in [5.74, 6) is -0.0752. The molecule has 11 heteroatoms. The number of nitro groups is 1. The van der Waals surface area contributed by atoms with Gasteiger partial charge in [0, 0.05) is 17.0 Å². The fourth-order valence-corrected chi connectivity index (χ4v) is 2.74. The molecule has 2 aromatic rings. The molecule has 0 spiro atoms. The van der Waals surface area contributed by atoms with Crippen molar-refractivity contribution in [2.75, 3.05) is 26.3 Å². The van der Waals surface area contributed by atoms with Gasteiger partial charge in [-0.1, -0.05) is 0 Å². The Morgan fingerprint density at radius 2 is 2.22 bits per heavy atom. The molecule has 0 aliphatic carbocycles. The zero-order valence-corrected chi connectivity index (χ0v) is 15.7. The highest BCUT2D eigenvalue weighted by atomic mass is 32.1. The maximum absolute atomic E-state index is 11.3. The van der Waals surface area contributed by atoms with Crippen molar-refractivity contribution in [2.45, 2.75) is 13.3 Å². The maximum atomic E-state index is 11.3. The van der Waals surface area contributed by atoms with Gasteiger partial charge in [-0.05, 0) is 13.0 Å². The van der Waals surface area contributed by atoms with Crippen LogP contribution in [0.25, 0.3) is 0 Å². The van der Waals surface area contributed by atoms with Gasteiger partial charge in [0.2, 0.25) is 10.9 Å². The first kappa shape index (κ1) is 20.1. The van der Waals surface area contributed by atoms with E-state index < -0.39 is 4.92 Å². The van der Waals surface area contributed by atoms with Gasteiger partial charge in [-0.3, -0.25) is 20.3 Å². The van der Waals surface area contributed by atoms with Gasteiger partial charge in [-0.2, -0.15) is 5.10 Å². The zero-order valence-electron chi connectivity index (χ0n) is 14.9. The van der Waals surface area contributed by atoms with Gasteiger partial charge in [0.15, 0.2) is 5.75 Å². The summed E-state index contributed by atoms with van der Waals surface area (Å²) in [6.07, 6.45) is 1.47. The molecule has 1 heterocycles. The summed E-state index contributed by atoms with van der Waals surface area (Å²) in [4.78, 5) is 26.2. The molecule has 0 fully saturated rings. The lowest BCUT2D eigenvalue weighted by Crippen LogP contribution is -2.04. The van der Waals surface area contributed by atoms with E-state index in [1.54, 1.807) is 18.4 Å². The number of nitrogens with one attached hydrogen (secondary N) is 1. The Hall–Kier alpha value is -3.21. The summed E-state index contributed by atoms with van der Waals surface area (Å²) in [5.41, 5.74) is 3.50. The maximum Gasteiger partial charge on any atom is 0.315 e. The van der Waals surface area contributed by atoms with Crippen LogP contribution in [0.1, 0.15) is 18.2 Å². The van der Waals surface area contributed by atoms with Crippen LogP contribution in [0, 0.1) is 10.1 Å². The largest absolute Gasteiger partial charge is 0.493 e. The van der Waals surface area contributed by atoms with Crippen LogP contribution in [0.2, 0.25) is 0 Å². The molecule has 0 amide bonds. The number of nitro benzene ring substituents is 1. The number of hydrazone groups is 1. The second-order valence-corrected chi connectivity index (χ2v) is 5.89. The monoisotopic (exact) mass is 394 g/mol. The zero-order chi connectivity index (χ0) is 19.8. The molecule has 144 valence electrons. The number of hydrogen-bond donors (Lipinski definition) is 1. The van der Waals surface area contributed by atoms with Crippen LogP contribution in [-0.4, -0.2) is 42.9 Å². The van der Waals surface area contributed by atoms with Gasteiger partial charge in [-0.15, -0.1) is 11.3 Å². The molecule has 1 aromatic carbocycles. The van der Waals surface area contributed by atoms with Crippen molar-refractivity contribution in [1.29, 1.82) is 0 Å². The van der Waals surface area contributed by atoms with Crippen molar-refractivity contribution in [1.82, 2.24) is 4.98 Å². The molecule has 10 nitrogen and oxygen atoms in total. The Labute approximate surface area is 158 Å². The SMILES string of the molecule is CCOc1c(OC)cc(/C=N\Nc2nc(CC(=O)OC)cs2)cc1[N+](=O)[O-]. The van der Waals surface area contributed by atoms with E-state index in [1.807, 2.05) is 0 Å². The quantitative estimate of drug-likeness (QED) is 0.298. The van der Waals surface area contributed by atoms with Crippen LogP contribution < -0.4 is 14.9 Å². The Bertz CT molecular complexity index is 851. The lowest BCUT2D eigenvalue weighted by molar-refractivity contribution is -0.385. The summed E-state index contributed by atoms with van der Waals surface area (Å²) in [5, 5.41) is 17.5. The first-order valence-corrected chi connectivity index (χ1v) is 8.66. The summed E-state index contributed by atoms with van der Waals surface area (Å²) in [6.45, 7) is 2.00. The van der Waals surface area contributed by atoms with E-state index >= 15 is 0 Å². The highest BCUT2D eigenvalue weighted by Crippen LogP contribution is 2.37. The fourth-order valence-electron chi connectivity index (χ4n) is 2.08. The molecule has 0 radical (unpaired) electrons. The van der Waals surface area contributed by atoms with E-state index in [0.717, 1.165) is 0 Å². The van der Waals surface area contributed by atoms with Crippen molar-refractivity contribution in [3.8, 4) is 11.5 Å². The number of rotatable bonds is 9. The van der Waals surface area contributed by atoms with Gasteiger partial charge in [0.05, 0.1) is 44.1 Å². The number of anilines is 1. The minimum atomic E-state index is -0.543. The lowest BCUT2D eigenvalue weighted by Gasteiger charge is -2.10. The van der Waals surface area contributed by atoms with Crippen LogP contribution in [0.15, 0.2) is 22.6 Å². The van der Waals surface area contributed by atoms with Crippen LogP contribution in [0.3, 0.4) is 0 Å². The Morgan fingerprint density at radius 3 is 2.85 bits per heavy atom. The molecule has 1 N–H and O–H groups in total. The van der Waals surface area contributed by atoms with E-state index in [0.29, 0.717) is 16.4 Å². The number of carbonyl (C=O) groups excluding carboxylic acids is 1. The van der Waals surface area contributed by atoms with Crippen molar-refractivity contribution in [3.63, 3.8) is 0 Å². The molecule has 27 heavy (non-hydrogen) atoms. The fraction of sp³-hybridized carbons (Fsp3) is 0.312. The number of carbonyl (C=O) groups is 1. The minimum Gasteiger partial charge on any atom is -0.493 e. The number of methoxy groups -OCH3 is 2. The van der Waals surface area contributed by atoms with Crippen molar-refractivity contribution >= 4 is 34.3 Å². The van der Waals surface area contributed by atoms with Gasteiger partial charge < -0.3 is 14.2 Å². The highest BCUT2D eigenvalue weighted by Gasteiger charge is 2.21. The minimum absolute atomic E-state index is 0.0701. The molecule has 0 aliphatic rings. The predicted molar refractivity (Wildman–Crippen MR) is 99.9 cm³/mol. The third-order valence-corrected chi connectivity index (χ3v) is 4.04. The van der Waals surface area contributed by atoms with Gasteiger partial charge in [-0.25, -0.2) is 4.98 Å². The molecule has 0 atom stereocenters. The number of thiazole rings is 1. The van der Waals surface area contributed by atoms with Crippen LogP contribution >= 0.6 is 11.3 Å². The van der Waals surface area contributed by atoms with Gasteiger partial charge in [0.1, 0.15) is 0 Å². The van der Waals surface area contributed by atoms with E-state index in [2.05, 4.69) is 20.2 Å². The van der Waals surface area contributed by atoms with E-state index in [1.165, 1.54) is 37.8 Å². The summed E-state index contributed by atoms with van der Waals surface area (Å²) < 4.78 is 15.1. The van der Waals surface area contributed by atoms with E-state index in [4.69, 9.17) is 9.47 Å². The van der Waals surface area contributed by atoms with Crippen LogP contribution in [-0.2, 0) is 16.0 Å². The second-order valence-electron chi connectivity index (χ2n) is 5.03. The molecule has 2 rings (SSSR count). The topological polar surface area (TPSA) is 125 Å². The molecule has 0 saturated carbocycles. The Balaban J connectivity index is 2.15. The van der Waals surface area contributed by atoms with E-state index in [9.17, 15) is 14.9 Å². The summed E-state index contributed by atoms with van der Waals surface area (Å²) in [6, 6.07) is 2.91. The molecule has 0 saturated heterocycles. The van der Waals surface area contributed by atoms with Crippen LogP contribution in [0.4, 0.5) is 10.8 Å². The average molecular weight is 394 g/mol. The number of benzene rings is 1. The normalized spacial score (nSPS) is 10.6. The molecular formula is C16H18N4O6S. The lowest BCUT2D eigenvalue weighted by atomic mass is 10.2. The Kier molecular flexibility index (Phi) is 7.06. The Morgan fingerprint density at radius 1 is 1.44 bits per heavy atom. The predicted octanol–water partition coefficient (Wildman–Crippen LogP) is 2.62. The summed E-state index contributed by atoms with van der Waals surface area (Å²) >= 11 is 1.27. The second kappa shape index (κ2) is 9.48. The number of esters is 1. The van der Waals surface area contributed by atoms with Crippen molar-refractivity contribution < 1.29 is 23.9 Å². The third kappa shape index (κ3) is 5.38. The van der Waals surface area contributed by atoms with Gasteiger partial charge >= 0.3 is 11.7 Å². The van der Waals surface area contributed by atoms with E-state index in [-0.39, 0.29) is 36.2 Å². The summed E-state index contributed by atoms with van der Waals surface area (Å²) in [7, 11) is 2.71. The number of aromatic nitrogens is 1. The number of ether oxygens (including phenoxy) is 3. The average Bonchev–Trinajstić information content (AvgIpc) is 3.09. The van der Waals surface area contributed by atoms with Gasteiger partial charge in [0.25, 0.3) is 0 Å².